The van der Waals surface area contributed by atoms with Gasteiger partial charge in [-0.25, -0.2) is 0 Å². The predicted octanol–water partition coefficient (Wildman–Crippen LogP) is 4.97. The van der Waals surface area contributed by atoms with Crippen LogP contribution in [0.25, 0.3) is 10.9 Å². The summed E-state index contributed by atoms with van der Waals surface area (Å²) in [5, 5.41) is 5.13. The normalized spacial score (nSPS) is 17.7. The van der Waals surface area contributed by atoms with Gasteiger partial charge in [-0.1, -0.05) is 36.4 Å². The molecule has 1 aromatic heterocycles. The number of H-pyrrole nitrogens is 1. The van der Waals surface area contributed by atoms with Crippen LogP contribution in [-0.4, -0.2) is 4.98 Å². The summed E-state index contributed by atoms with van der Waals surface area (Å²) in [6.45, 7) is 2.16. The summed E-state index contributed by atoms with van der Waals surface area (Å²) in [6, 6.07) is 17.6. The van der Waals surface area contributed by atoms with Gasteiger partial charge in [0, 0.05) is 22.3 Å². The SMILES string of the molecule is Cc1ccccc1NC1CCCc2c1[nH]c1ccccc21. The lowest BCUT2D eigenvalue weighted by Gasteiger charge is -2.25. The van der Waals surface area contributed by atoms with Gasteiger partial charge in [0.25, 0.3) is 0 Å². The van der Waals surface area contributed by atoms with E-state index in [0.717, 1.165) is 0 Å². The number of anilines is 1. The number of hydrogen-bond acceptors (Lipinski definition) is 1. The monoisotopic (exact) mass is 276 g/mol. The van der Waals surface area contributed by atoms with E-state index in [4.69, 9.17) is 0 Å². The third kappa shape index (κ3) is 2.11. The first kappa shape index (κ1) is 12.5. The van der Waals surface area contributed by atoms with E-state index in [2.05, 4.69) is 65.8 Å². The topological polar surface area (TPSA) is 27.8 Å². The number of fused-ring (bicyclic) bond motifs is 3. The van der Waals surface area contributed by atoms with Crippen LogP contribution in [0, 0.1) is 6.92 Å². The number of benzene rings is 2. The van der Waals surface area contributed by atoms with Gasteiger partial charge in [-0.3, -0.25) is 0 Å². The van der Waals surface area contributed by atoms with Gasteiger partial charge in [0.2, 0.25) is 0 Å². The Balaban J connectivity index is 1.75. The first-order valence-corrected chi connectivity index (χ1v) is 7.74. The minimum Gasteiger partial charge on any atom is -0.377 e. The highest BCUT2D eigenvalue weighted by Gasteiger charge is 2.24. The molecule has 0 bridgehead atoms. The minimum absolute atomic E-state index is 0.391. The molecule has 3 aromatic rings. The smallest absolute Gasteiger partial charge is 0.0666 e. The summed E-state index contributed by atoms with van der Waals surface area (Å²) in [4.78, 5) is 3.64. The second-order valence-electron chi connectivity index (χ2n) is 5.97. The first-order chi connectivity index (χ1) is 10.3. The molecule has 2 N–H and O–H groups in total. The van der Waals surface area contributed by atoms with E-state index in [1.165, 1.54) is 52.7 Å². The van der Waals surface area contributed by atoms with Crippen molar-refractivity contribution in [2.24, 2.45) is 0 Å². The van der Waals surface area contributed by atoms with Crippen LogP contribution in [-0.2, 0) is 6.42 Å². The van der Waals surface area contributed by atoms with Crippen molar-refractivity contribution in [3.8, 4) is 0 Å². The van der Waals surface area contributed by atoms with Crippen molar-refractivity contribution in [3.63, 3.8) is 0 Å². The van der Waals surface area contributed by atoms with Crippen LogP contribution in [0.3, 0.4) is 0 Å². The summed E-state index contributed by atoms with van der Waals surface area (Å²) in [6.07, 6.45) is 3.62. The molecule has 0 fully saturated rings. The maximum Gasteiger partial charge on any atom is 0.0666 e. The lowest BCUT2D eigenvalue weighted by molar-refractivity contribution is 0.592. The van der Waals surface area contributed by atoms with Crippen LogP contribution >= 0.6 is 0 Å². The molecule has 21 heavy (non-hydrogen) atoms. The van der Waals surface area contributed by atoms with Crippen molar-refractivity contribution in [2.75, 3.05) is 5.32 Å². The molecular formula is C19H20N2. The van der Waals surface area contributed by atoms with Gasteiger partial charge in [-0.15, -0.1) is 0 Å². The highest BCUT2D eigenvalue weighted by Crippen LogP contribution is 2.36. The van der Waals surface area contributed by atoms with Crippen LogP contribution in [0.15, 0.2) is 48.5 Å². The molecule has 2 heteroatoms. The zero-order valence-electron chi connectivity index (χ0n) is 12.3. The predicted molar refractivity (Wildman–Crippen MR) is 88.8 cm³/mol. The molecule has 1 unspecified atom stereocenters. The fourth-order valence-electron chi connectivity index (χ4n) is 3.48. The summed E-state index contributed by atoms with van der Waals surface area (Å²) in [7, 11) is 0. The molecule has 2 nitrogen and oxygen atoms in total. The highest BCUT2D eigenvalue weighted by molar-refractivity contribution is 5.85. The lowest BCUT2D eigenvalue weighted by Crippen LogP contribution is -2.17. The van der Waals surface area contributed by atoms with Gasteiger partial charge in [-0.2, -0.15) is 0 Å². The molecule has 0 spiro atoms. The average Bonchev–Trinajstić information content (AvgIpc) is 2.89. The third-order valence-electron chi connectivity index (χ3n) is 4.59. The quantitative estimate of drug-likeness (QED) is 0.680. The summed E-state index contributed by atoms with van der Waals surface area (Å²) < 4.78 is 0. The van der Waals surface area contributed by atoms with Crippen molar-refractivity contribution < 1.29 is 0 Å². The van der Waals surface area contributed by atoms with Gasteiger partial charge < -0.3 is 10.3 Å². The van der Waals surface area contributed by atoms with Crippen LogP contribution in [0.1, 0.15) is 35.7 Å². The van der Waals surface area contributed by atoms with Crippen molar-refractivity contribution in [1.82, 2.24) is 4.98 Å². The Morgan fingerprint density at radius 3 is 2.76 bits per heavy atom. The molecule has 1 aliphatic rings. The number of rotatable bonds is 2. The molecule has 0 aliphatic heterocycles. The zero-order chi connectivity index (χ0) is 14.2. The molecule has 0 amide bonds. The Hall–Kier alpha value is -2.22. The molecule has 106 valence electrons. The van der Waals surface area contributed by atoms with E-state index in [0.29, 0.717) is 6.04 Å². The Labute approximate surface area is 125 Å². The third-order valence-corrected chi connectivity index (χ3v) is 4.59. The average molecular weight is 276 g/mol. The van der Waals surface area contributed by atoms with Crippen LogP contribution in [0.2, 0.25) is 0 Å². The van der Waals surface area contributed by atoms with Crippen LogP contribution in [0.4, 0.5) is 5.69 Å². The summed E-state index contributed by atoms with van der Waals surface area (Å²) >= 11 is 0. The van der Waals surface area contributed by atoms with E-state index >= 15 is 0 Å². The van der Waals surface area contributed by atoms with E-state index < -0.39 is 0 Å². The Bertz CT molecular complexity index is 785. The minimum atomic E-state index is 0.391. The van der Waals surface area contributed by atoms with E-state index in [9.17, 15) is 0 Å². The lowest BCUT2D eigenvalue weighted by atomic mass is 9.91. The van der Waals surface area contributed by atoms with Crippen molar-refractivity contribution >= 4 is 16.6 Å². The largest absolute Gasteiger partial charge is 0.377 e. The molecule has 1 aliphatic carbocycles. The number of hydrogen-bond donors (Lipinski definition) is 2. The van der Waals surface area contributed by atoms with E-state index in [-0.39, 0.29) is 0 Å². The molecule has 4 rings (SSSR count). The molecular weight excluding hydrogens is 256 g/mol. The Morgan fingerprint density at radius 2 is 1.86 bits per heavy atom. The number of aryl methyl sites for hydroxylation is 2. The van der Waals surface area contributed by atoms with Gasteiger partial charge >= 0.3 is 0 Å². The molecule has 0 saturated carbocycles. The van der Waals surface area contributed by atoms with Crippen molar-refractivity contribution in [1.29, 1.82) is 0 Å². The van der Waals surface area contributed by atoms with E-state index in [1.807, 2.05) is 0 Å². The van der Waals surface area contributed by atoms with Crippen LogP contribution < -0.4 is 5.32 Å². The fraction of sp³-hybridized carbons (Fsp3) is 0.263. The zero-order valence-corrected chi connectivity index (χ0v) is 12.3. The number of aromatic nitrogens is 1. The van der Waals surface area contributed by atoms with Gasteiger partial charge in [0.15, 0.2) is 0 Å². The van der Waals surface area contributed by atoms with Gasteiger partial charge in [-0.05, 0) is 49.4 Å². The maximum atomic E-state index is 3.74. The maximum absolute atomic E-state index is 3.74. The van der Waals surface area contributed by atoms with Crippen LogP contribution in [0.5, 0.6) is 0 Å². The Kier molecular flexibility index (Phi) is 2.95. The summed E-state index contributed by atoms with van der Waals surface area (Å²) in [5.41, 5.74) is 6.70. The van der Waals surface area contributed by atoms with Gasteiger partial charge in [0.1, 0.15) is 0 Å². The summed E-state index contributed by atoms with van der Waals surface area (Å²) in [5.74, 6) is 0. The van der Waals surface area contributed by atoms with Crippen molar-refractivity contribution in [3.05, 3.63) is 65.4 Å². The first-order valence-electron chi connectivity index (χ1n) is 7.74. The molecule has 0 radical (unpaired) electrons. The van der Waals surface area contributed by atoms with Gasteiger partial charge in [0.05, 0.1) is 6.04 Å². The standard InChI is InChI=1S/C19H20N2/c1-13-7-2-4-10-16(13)20-18-12-6-9-15-14-8-3-5-11-17(14)21-19(15)18/h2-5,7-8,10-11,18,20-21H,6,9,12H2,1H3. The molecule has 1 heterocycles. The second-order valence-corrected chi connectivity index (χ2v) is 5.97. The van der Waals surface area contributed by atoms with Crippen molar-refractivity contribution in [2.45, 2.75) is 32.2 Å². The number of nitrogens with one attached hydrogen (secondary N) is 2. The molecule has 1 atom stereocenters. The van der Waals surface area contributed by atoms with E-state index in [1.54, 1.807) is 0 Å². The number of para-hydroxylation sites is 2. The molecule has 0 saturated heterocycles. The molecule has 2 aromatic carbocycles. The highest BCUT2D eigenvalue weighted by atomic mass is 15.0. The fourth-order valence-corrected chi connectivity index (χ4v) is 3.48. The Morgan fingerprint density at radius 1 is 1.05 bits per heavy atom. The second kappa shape index (κ2) is 4.96. The number of aromatic amines is 1.